The van der Waals surface area contributed by atoms with E-state index in [4.69, 9.17) is 21.7 Å². The third kappa shape index (κ3) is 4.85. The van der Waals surface area contributed by atoms with Gasteiger partial charge in [0.05, 0.1) is 22.2 Å². The summed E-state index contributed by atoms with van der Waals surface area (Å²) in [6, 6.07) is 44.4. The van der Waals surface area contributed by atoms with Crippen molar-refractivity contribution in [1.29, 1.82) is 0 Å². The van der Waals surface area contributed by atoms with E-state index in [0.717, 1.165) is 61.3 Å². The lowest BCUT2D eigenvalue weighted by atomic mass is 9.74. The van der Waals surface area contributed by atoms with Crippen LogP contribution in [0.4, 0.5) is 0 Å². The Morgan fingerprint density at radius 1 is 0.576 bits per heavy atom. The van der Waals surface area contributed by atoms with Gasteiger partial charge in [-0.05, 0) is 135 Å². The number of hydrogen-bond donors (Lipinski definition) is 0. The Bertz CT molecular complexity index is 3780. The zero-order valence-corrected chi connectivity index (χ0v) is 32.8. The predicted octanol–water partition coefficient (Wildman–Crippen LogP) is 14.7. The highest BCUT2D eigenvalue weighted by Gasteiger charge is 2.36. The molecule has 0 amide bonds. The largest absolute Gasteiger partial charge is 0.422 e. The van der Waals surface area contributed by atoms with Crippen molar-refractivity contribution in [2.75, 3.05) is 0 Å². The van der Waals surface area contributed by atoms with Crippen molar-refractivity contribution in [3.63, 3.8) is 0 Å². The summed E-state index contributed by atoms with van der Waals surface area (Å²) in [7, 11) is 0. The zero-order valence-electron chi connectivity index (χ0n) is 41.0. The van der Waals surface area contributed by atoms with Crippen LogP contribution in [0.15, 0.2) is 160 Å². The van der Waals surface area contributed by atoms with Crippen LogP contribution >= 0.6 is 11.8 Å². The summed E-state index contributed by atoms with van der Waals surface area (Å²) >= 11 is 1.34. The first-order valence-electron chi connectivity index (χ1n) is 24.1. The number of benzene rings is 7. The summed E-state index contributed by atoms with van der Waals surface area (Å²) in [4.78, 5) is 10.9. The van der Waals surface area contributed by atoms with E-state index >= 15 is 0 Å². The molecule has 59 heavy (non-hydrogen) atoms. The standard InChI is InChI=1S/C54H39N3OS/c1-30-20-24-42-52(48(30)33-22-23-37-34-13-6-7-14-35(34)39-17-12-26-55-50(39)38-16-9-8-15-36(38)41(37)28-33)59-47-27-32(3)40(29-43(47)54(42,4)5)49-31(2)21-25-46-51(49)58-53-56-44-18-10-11-19-45(44)57(46)53/h6-29H,1-5H3/i1D3,2D3,3D3. The molecule has 0 N–H and O–H groups in total. The number of oxazole rings is 1. The molecule has 12 rings (SSSR count). The predicted molar refractivity (Wildman–Crippen MR) is 243 cm³/mol. The lowest BCUT2D eigenvalue weighted by molar-refractivity contribution is 0.607. The second-order valence-electron chi connectivity index (χ2n) is 15.9. The average molecular weight is 787 g/mol. The maximum absolute atomic E-state index is 8.97. The summed E-state index contributed by atoms with van der Waals surface area (Å²) in [6.07, 6.45) is 1.80. The highest BCUT2D eigenvalue weighted by atomic mass is 32.2. The Kier molecular flexibility index (Phi) is 5.54. The molecule has 10 aromatic rings. The van der Waals surface area contributed by atoms with Crippen LogP contribution in [0.25, 0.3) is 94.9 Å². The molecule has 3 aromatic heterocycles. The normalized spacial score (nSPS) is 16.5. The molecule has 7 aromatic carbocycles. The van der Waals surface area contributed by atoms with E-state index in [0.29, 0.717) is 32.0 Å². The zero-order chi connectivity index (χ0) is 47.2. The van der Waals surface area contributed by atoms with E-state index in [9.17, 15) is 0 Å². The maximum atomic E-state index is 8.97. The minimum absolute atomic E-state index is 0.0505. The van der Waals surface area contributed by atoms with Gasteiger partial charge in [0.1, 0.15) is 0 Å². The van der Waals surface area contributed by atoms with Gasteiger partial charge in [0.25, 0.3) is 0 Å². The first-order valence-corrected chi connectivity index (χ1v) is 20.4. The van der Waals surface area contributed by atoms with Crippen LogP contribution in [0, 0.1) is 20.6 Å². The van der Waals surface area contributed by atoms with Gasteiger partial charge in [-0.15, -0.1) is 0 Å². The van der Waals surface area contributed by atoms with Crippen LogP contribution in [-0.4, -0.2) is 14.4 Å². The first kappa shape index (κ1) is 26.3. The molecule has 282 valence electrons. The number of imidazole rings is 1. The van der Waals surface area contributed by atoms with E-state index in [2.05, 4.69) is 47.4 Å². The van der Waals surface area contributed by atoms with Crippen LogP contribution in [0.1, 0.15) is 54.0 Å². The van der Waals surface area contributed by atoms with Crippen LogP contribution in [0.3, 0.4) is 0 Å². The van der Waals surface area contributed by atoms with Crippen LogP contribution in [-0.2, 0) is 5.41 Å². The van der Waals surface area contributed by atoms with Gasteiger partial charge in [0.2, 0.25) is 0 Å². The molecule has 0 spiro atoms. The number of aromatic nitrogens is 3. The lowest BCUT2D eigenvalue weighted by Gasteiger charge is -2.37. The number of para-hydroxylation sites is 2. The third-order valence-electron chi connectivity index (χ3n) is 12.3. The van der Waals surface area contributed by atoms with E-state index in [-0.39, 0.29) is 39.2 Å². The Labute approximate surface area is 359 Å². The van der Waals surface area contributed by atoms with Crippen molar-refractivity contribution >= 4 is 39.7 Å². The van der Waals surface area contributed by atoms with Gasteiger partial charge in [-0.3, -0.25) is 9.38 Å². The van der Waals surface area contributed by atoms with Gasteiger partial charge in [-0.1, -0.05) is 123 Å². The molecule has 0 unspecified atom stereocenters. The monoisotopic (exact) mass is 786 g/mol. The fourth-order valence-corrected chi connectivity index (χ4v) is 11.1. The molecule has 0 atom stereocenters. The molecule has 0 radical (unpaired) electrons. The number of nitrogens with zero attached hydrogens (tertiary/aromatic N) is 3. The fourth-order valence-electron chi connectivity index (χ4n) is 9.47. The summed E-state index contributed by atoms with van der Waals surface area (Å²) in [5, 5.41) is 0. The lowest BCUT2D eigenvalue weighted by Crippen LogP contribution is -2.24. The number of aryl methyl sites for hydroxylation is 3. The summed E-state index contributed by atoms with van der Waals surface area (Å²) in [5.74, 6) is 0.253. The molecule has 4 nitrogen and oxygen atoms in total. The molecule has 0 fully saturated rings. The summed E-state index contributed by atoms with van der Waals surface area (Å²) < 4.78 is 88.0. The van der Waals surface area contributed by atoms with E-state index in [1.54, 1.807) is 24.4 Å². The Morgan fingerprint density at radius 2 is 1.27 bits per heavy atom. The van der Waals surface area contributed by atoms with Gasteiger partial charge in [0, 0.05) is 50.4 Å². The van der Waals surface area contributed by atoms with Crippen molar-refractivity contribution in [2.24, 2.45) is 0 Å². The smallest absolute Gasteiger partial charge is 0.307 e. The minimum Gasteiger partial charge on any atom is -0.422 e. The van der Waals surface area contributed by atoms with Gasteiger partial charge in [0.15, 0.2) is 5.58 Å². The van der Waals surface area contributed by atoms with Crippen molar-refractivity contribution in [1.82, 2.24) is 14.4 Å². The second kappa shape index (κ2) is 12.4. The molecule has 0 saturated carbocycles. The van der Waals surface area contributed by atoms with Gasteiger partial charge < -0.3 is 4.42 Å². The molecule has 1 aliphatic heterocycles. The van der Waals surface area contributed by atoms with Crippen molar-refractivity contribution < 1.29 is 16.8 Å². The van der Waals surface area contributed by atoms with Crippen molar-refractivity contribution in [3.8, 4) is 66.9 Å². The number of pyridine rings is 1. The fraction of sp³-hybridized carbons (Fsp3) is 0.111. The average Bonchev–Trinajstić information content (AvgIpc) is 3.86. The molecule has 1 aliphatic carbocycles. The van der Waals surface area contributed by atoms with Gasteiger partial charge >= 0.3 is 5.84 Å². The number of fused-ring (bicyclic) bond motifs is 15. The molecule has 0 bridgehead atoms. The summed E-state index contributed by atoms with van der Waals surface area (Å²) in [6.45, 7) is -3.79. The molecule has 5 heteroatoms. The number of rotatable bonds is 2. The van der Waals surface area contributed by atoms with Crippen LogP contribution in [0.2, 0.25) is 0 Å². The Hall–Kier alpha value is -6.69. The Balaban J connectivity index is 1.10. The van der Waals surface area contributed by atoms with Crippen LogP contribution < -0.4 is 0 Å². The molecular weight excluding hydrogens is 739 g/mol. The topological polar surface area (TPSA) is 43.3 Å². The molecule has 2 aliphatic rings. The highest BCUT2D eigenvalue weighted by Crippen LogP contribution is 2.56. The Morgan fingerprint density at radius 3 is 2.10 bits per heavy atom. The van der Waals surface area contributed by atoms with Crippen molar-refractivity contribution in [3.05, 3.63) is 174 Å². The summed E-state index contributed by atoms with van der Waals surface area (Å²) in [5.41, 5.74) is 12.4. The number of hydrogen-bond acceptors (Lipinski definition) is 4. The van der Waals surface area contributed by atoms with E-state index in [1.807, 2.05) is 91.0 Å². The maximum Gasteiger partial charge on any atom is 0.307 e. The third-order valence-corrected chi connectivity index (χ3v) is 13.5. The highest BCUT2D eigenvalue weighted by molar-refractivity contribution is 7.99. The minimum atomic E-state index is -2.71. The van der Waals surface area contributed by atoms with E-state index in [1.165, 1.54) is 17.8 Å². The van der Waals surface area contributed by atoms with Gasteiger partial charge in [-0.2, -0.15) is 4.98 Å². The molecule has 4 heterocycles. The first-order chi connectivity index (χ1) is 32.4. The molecular formula is C54H39N3OS. The van der Waals surface area contributed by atoms with Gasteiger partial charge in [-0.25, -0.2) is 0 Å². The molecule has 0 saturated heterocycles. The van der Waals surface area contributed by atoms with Crippen LogP contribution in [0.5, 0.6) is 0 Å². The quantitative estimate of drug-likeness (QED) is 0.175. The SMILES string of the molecule is [2H]C([2H])([2H])c1cc2c(cc1-c1c(C([2H])([2H])[2H])ccc3c1oc1nc4ccccc4n13)C(C)(C)c1ccc(C([2H])([2H])[2H])c(-c3ccc4c(c3)-c3ccccc3-c3ncccc3-c3ccccc3-4)c1S2. The van der Waals surface area contributed by atoms with Crippen molar-refractivity contribution in [2.45, 2.75) is 49.6 Å². The van der Waals surface area contributed by atoms with E-state index < -0.39 is 26.0 Å². The second-order valence-corrected chi connectivity index (χ2v) is 16.9.